The first-order valence-electron chi connectivity index (χ1n) is 6.33. The first-order valence-corrected chi connectivity index (χ1v) is 6.87. The van der Waals surface area contributed by atoms with Gasteiger partial charge in [-0.25, -0.2) is 0 Å². The fourth-order valence-corrected chi connectivity index (χ4v) is 2.02. The second-order valence-electron chi connectivity index (χ2n) is 5.29. The molecule has 6 nitrogen and oxygen atoms in total. The van der Waals surface area contributed by atoms with Crippen molar-refractivity contribution < 1.29 is 19.2 Å². The minimum absolute atomic E-state index is 0.0406. The highest BCUT2D eigenvalue weighted by Gasteiger charge is 2.37. The van der Waals surface area contributed by atoms with Gasteiger partial charge in [0.2, 0.25) is 5.91 Å². The molecule has 0 spiro atoms. The van der Waals surface area contributed by atoms with Gasteiger partial charge in [-0.15, -0.1) is 16.7 Å². The Kier molecular flexibility index (Phi) is 4.29. The predicted molar refractivity (Wildman–Crippen MR) is 75.8 cm³/mol. The zero-order valence-corrected chi connectivity index (χ0v) is 12.4. The van der Waals surface area contributed by atoms with Gasteiger partial charge >= 0.3 is 0 Å². The van der Waals surface area contributed by atoms with Crippen LogP contribution in [0.3, 0.4) is 0 Å². The zero-order valence-electron chi connectivity index (χ0n) is 11.7. The molecule has 0 unspecified atom stereocenters. The van der Waals surface area contributed by atoms with Gasteiger partial charge in [-0.2, -0.15) is 0 Å². The first-order chi connectivity index (χ1) is 9.85. The van der Waals surface area contributed by atoms with Gasteiger partial charge in [-0.05, 0) is 26.0 Å². The molecule has 1 heterocycles. The number of alkyl halides is 1. The summed E-state index contributed by atoms with van der Waals surface area (Å²) >= 11 is 5.42. The lowest BCUT2D eigenvalue weighted by atomic mass is 10.1. The summed E-state index contributed by atoms with van der Waals surface area (Å²) in [6.45, 7) is 3.37. The van der Waals surface area contributed by atoms with Gasteiger partial charge < -0.3 is 5.32 Å². The molecule has 0 saturated carbocycles. The van der Waals surface area contributed by atoms with E-state index >= 15 is 0 Å². The van der Waals surface area contributed by atoms with E-state index in [-0.39, 0.29) is 18.4 Å². The van der Waals surface area contributed by atoms with E-state index in [1.807, 2.05) is 0 Å². The lowest BCUT2D eigenvalue weighted by molar-refractivity contribution is -0.126. The van der Waals surface area contributed by atoms with Crippen molar-refractivity contribution in [2.45, 2.75) is 19.4 Å². The number of carbonyl (C=O) groups is 3. The van der Waals surface area contributed by atoms with Crippen LogP contribution >= 0.6 is 11.6 Å². The topological polar surface area (TPSA) is 75.7 Å². The zero-order chi connectivity index (χ0) is 15.6. The van der Waals surface area contributed by atoms with E-state index in [0.717, 1.165) is 5.06 Å². The number of imide groups is 1. The Balaban J connectivity index is 2.04. The Labute approximate surface area is 127 Å². The van der Waals surface area contributed by atoms with Crippen molar-refractivity contribution in [1.82, 2.24) is 10.4 Å². The number of rotatable bonds is 5. The van der Waals surface area contributed by atoms with Gasteiger partial charge in [-0.1, -0.05) is 12.1 Å². The summed E-state index contributed by atoms with van der Waals surface area (Å²) < 4.78 is 0. The monoisotopic (exact) mass is 310 g/mol. The third-order valence-electron chi connectivity index (χ3n) is 2.91. The number of hydrogen-bond donors (Lipinski definition) is 1. The molecular formula is C14H15ClN2O4. The number of benzene rings is 1. The molecule has 0 bridgehead atoms. The van der Waals surface area contributed by atoms with Gasteiger partial charge in [0, 0.05) is 0 Å². The quantitative estimate of drug-likeness (QED) is 0.658. The molecule has 3 amide bonds. The molecule has 1 N–H and O–H groups in total. The predicted octanol–water partition coefficient (Wildman–Crippen LogP) is 1.35. The van der Waals surface area contributed by atoms with Crippen LogP contribution in [0.2, 0.25) is 0 Å². The lowest BCUT2D eigenvalue weighted by Gasteiger charge is -2.27. The van der Waals surface area contributed by atoms with E-state index in [1.165, 1.54) is 0 Å². The maximum Gasteiger partial charge on any atom is 0.285 e. The minimum Gasteiger partial charge on any atom is -0.348 e. The number of amides is 3. The summed E-state index contributed by atoms with van der Waals surface area (Å²) in [5, 5.41) is 3.36. The van der Waals surface area contributed by atoms with E-state index in [9.17, 15) is 14.4 Å². The van der Waals surface area contributed by atoms with Crippen molar-refractivity contribution in [1.29, 1.82) is 0 Å². The highest BCUT2D eigenvalue weighted by atomic mass is 35.5. The van der Waals surface area contributed by atoms with Gasteiger partial charge in [0.05, 0.1) is 23.3 Å². The summed E-state index contributed by atoms with van der Waals surface area (Å²) in [6, 6.07) is 6.50. The Morgan fingerprint density at radius 1 is 1.24 bits per heavy atom. The molecule has 21 heavy (non-hydrogen) atoms. The van der Waals surface area contributed by atoms with E-state index in [1.54, 1.807) is 38.1 Å². The van der Waals surface area contributed by atoms with Gasteiger partial charge in [0.25, 0.3) is 11.8 Å². The normalized spacial score (nSPS) is 14.3. The molecule has 0 aliphatic carbocycles. The van der Waals surface area contributed by atoms with Gasteiger partial charge in [0.15, 0.2) is 0 Å². The van der Waals surface area contributed by atoms with E-state index < -0.39 is 17.4 Å². The Morgan fingerprint density at radius 3 is 2.24 bits per heavy atom. The number of carbonyl (C=O) groups excluding carboxylic acids is 3. The van der Waals surface area contributed by atoms with Crippen LogP contribution in [0.25, 0.3) is 0 Å². The third-order valence-corrected chi connectivity index (χ3v) is 3.15. The smallest absolute Gasteiger partial charge is 0.285 e. The number of nitrogens with one attached hydrogen (secondary N) is 1. The van der Waals surface area contributed by atoms with Crippen molar-refractivity contribution in [3.05, 3.63) is 35.4 Å². The van der Waals surface area contributed by atoms with Crippen molar-refractivity contribution in [3.63, 3.8) is 0 Å². The second kappa shape index (κ2) is 5.83. The average molecular weight is 311 g/mol. The van der Waals surface area contributed by atoms with Crippen LogP contribution in [-0.2, 0) is 9.63 Å². The second-order valence-corrected chi connectivity index (χ2v) is 5.56. The summed E-state index contributed by atoms with van der Waals surface area (Å²) in [7, 11) is 0. The van der Waals surface area contributed by atoms with Gasteiger partial charge in [-0.3, -0.25) is 19.2 Å². The van der Waals surface area contributed by atoms with Crippen LogP contribution in [0, 0.1) is 0 Å². The molecule has 2 rings (SSSR count). The molecule has 112 valence electrons. The van der Waals surface area contributed by atoms with Crippen LogP contribution in [-0.4, -0.2) is 40.8 Å². The largest absolute Gasteiger partial charge is 0.348 e. The van der Waals surface area contributed by atoms with Crippen LogP contribution in [0.5, 0.6) is 0 Å². The molecule has 1 aromatic carbocycles. The maximum absolute atomic E-state index is 12.1. The number of fused-ring (bicyclic) bond motifs is 1. The summed E-state index contributed by atoms with van der Waals surface area (Å²) in [6.07, 6.45) is 0. The maximum atomic E-state index is 12.1. The van der Waals surface area contributed by atoms with Crippen LogP contribution in [0.1, 0.15) is 34.6 Å². The molecule has 0 fully saturated rings. The number of hydrogen-bond acceptors (Lipinski definition) is 4. The molecule has 1 aliphatic rings. The Bertz CT molecular complexity index is 565. The summed E-state index contributed by atoms with van der Waals surface area (Å²) in [5.74, 6) is -1.53. The highest BCUT2D eigenvalue weighted by Crippen LogP contribution is 2.23. The highest BCUT2D eigenvalue weighted by molar-refractivity contribution is 6.27. The van der Waals surface area contributed by atoms with Crippen LogP contribution < -0.4 is 5.32 Å². The molecule has 1 aliphatic heterocycles. The van der Waals surface area contributed by atoms with Gasteiger partial charge in [0.1, 0.15) is 5.88 Å². The molecule has 0 aromatic heterocycles. The Hall–Kier alpha value is -1.92. The van der Waals surface area contributed by atoms with Crippen LogP contribution in [0.4, 0.5) is 0 Å². The molecule has 0 saturated heterocycles. The fraction of sp³-hybridized carbons (Fsp3) is 0.357. The van der Waals surface area contributed by atoms with Crippen molar-refractivity contribution in [3.8, 4) is 0 Å². The summed E-state index contributed by atoms with van der Waals surface area (Å²) in [5.41, 5.74) is -0.142. The fourth-order valence-electron chi connectivity index (χ4n) is 1.96. The third kappa shape index (κ3) is 3.22. The van der Waals surface area contributed by atoms with E-state index in [4.69, 9.17) is 16.4 Å². The molecular weight excluding hydrogens is 296 g/mol. The van der Waals surface area contributed by atoms with Crippen molar-refractivity contribution >= 4 is 29.3 Å². The molecule has 7 heteroatoms. The Morgan fingerprint density at radius 2 is 1.76 bits per heavy atom. The van der Waals surface area contributed by atoms with Crippen molar-refractivity contribution in [2.24, 2.45) is 0 Å². The number of hydroxylamine groups is 2. The van der Waals surface area contributed by atoms with E-state index in [2.05, 4.69) is 5.32 Å². The average Bonchev–Trinajstić information content (AvgIpc) is 2.69. The number of halogens is 1. The van der Waals surface area contributed by atoms with Crippen molar-refractivity contribution in [2.75, 3.05) is 12.5 Å². The van der Waals surface area contributed by atoms with E-state index in [0.29, 0.717) is 11.1 Å². The summed E-state index contributed by atoms with van der Waals surface area (Å²) in [4.78, 5) is 40.7. The molecule has 1 aromatic rings. The minimum atomic E-state index is -0.763. The SMILES string of the molecule is CC(C)(CON1C(=O)c2ccccc2C1=O)NC(=O)CCl. The molecule has 0 radical (unpaired) electrons. The lowest BCUT2D eigenvalue weighted by Crippen LogP contribution is -2.49. The number of nitrogens with zero attached hydrogens (tertiary/aromatic N) is 1. The molecule has 0 atom stereocenters. The van der Waals surface area contributed by atoms with Crippen LogP contribution in [0.15, 0.2) is 24.3 Å². The first kappa shape index (κ1) is 15.5. The standard InChI is InChI=1S/C14H15ClN2O4/c1-14(2,16-11(18)7-15)8-21-17-12(19)9-5-3-4-6-10(9)13(17)20/h3-6H,7-8H2,1-2H3,(H,16,18).